The number of rotatable bonds is 5. The molecule has 4 rings (SSSR count). The third kappa shape index (κ3) is 5.28. The number of nitrogens with one attached hydrogen (secondary N) is 2. The lowest BCUT2D eigenvalue weighted by Gasteiger charge is -2.36. The molecule has 5 atom stereocenters. The quantitative estimate of drug-likeness (QED) is 0.439. The number of nitriles is 1. The maximum Gasteiger partial charge on any atom is 0.471 e. The van der Waals surface area contributed by atoms with Crippen molar-refractivity contribution in [1.82, 2.24) is 20.5 Å². The minimum absolute atomic E-state index is 0.0179. The molecule has 2 heterocycles. The van der Waals surface area contributed by atoms with Crippen molar-refractivity contribution in [1.29, 1.82) is 5.26 Å². The number of aromatic nitrogens is 1. The van der Waals surface area contributed by atoms with Crippen molar-refractivity contribution < 1.29 is 36.3 Å². The second-order valence-electron chi connectivity index (χ2n) is 10.6. The van der Waals surface area contributed by atoms with E-state index in [2.05, 4.69) is 10.3 Å². The highest BCUT2D eigenvalue weighted by molar-refractivity contribution is 5.95. The van der Waals surface area contributed by atoms with Gasteiger partial charge in [0.05, 0.1) is 6.07 Å². The van der Waals surface area contributed by atoms with Crippen molar-refractivity contribution in [2.24, 2.45) is 17.3 Å². The Hall–Kier alpha value is -4.08. The summed E-state index contributed by atoms with van der Waals surface area (Å²) in [5.74, 6) is -6.94. The van der Waals surface area contributed by atoms with Gasteiger partial charge in [0.25, 0.3) is 0 Å². The molecule has 13 heteroatoms. The molecule has 1 aliphatic carbocycles. The lowest BCUT2D eigenvalue weighted by Crippen LogP contribution is -2.60. The number of amides is 3. The highest BCUT2D eigenvalue weighted by Crippen LogP contribution is 2.40. The third-order valence-electron chi connectivity index (χ3n) is 6.94. The first-order valence-corrected chi connectivity index (χ1v) is 11.9. The topological polar surface area (TPSA) is 115 Å². The minimum atomic E-state index is -5.22. The Bertz CT molecular complexity index is 1410. The van der Waals surface area contributed by atoms with E-state index in [1.165, 1.54) is 33.2 Å². The van der Waals surface area contributed by atoms with Gasteiger partial charge in [-0.05, 0) is 22.9 Å². The molecule has 1 aliphatic heterocycles. The number of alkyl halides is 3. The first-order valence-electron chi connectivity index (χ1n) is 11.9. The number of carbonyl (C=O) groups is 3. The molecule has 1 fully saturated rings. The van der Waals surface area contributed by atoms with Gasteiger partial charge in [-0.15, -0.1) is 0 Å². The van der Waals surface area contributed by atoms with Crippen molar-refractivity contribution in [2.45, 2.75) is 45.1 Å². The van der Waals surface area contributed by atoms with E-state index in [1.807, 2.05) is 6.07 Å². The SMILES string of the molecule is CC(C)(C)[C@H](NC(=O)C(F)(F)F)C(=O)N1C[C@@H]2C=CC2[C@H]1C(=O)N[C@H](C#N)c1cncc2cc(F)c(F)cc12. The molecule has 0 bridgehead atoms. The average Bonchev–Trinajstić information content (AvgIpc) is 3.09. The third-order valence-corrected chi connectivity index (χ3v) is 6.94. The second-order valence-corrected chi connectivity index (χ2v) is 10.6. The van der Waals surface area contributed by atoms with E-state index in [-0.39, 0.29) is 28.8 Å². The second kappa shape index (κ2) is 9.91. The smallest absolute Gasteiger partial charge is 0.336 e. The molecule has 1 unspecified atom stereocenters. The molecule has 0 spiro atoms. The van der Waals surface area contributed by atoms with E-state index < -0.39 is 65.0 Å². The van der Waals surface area contributed by atoms with E-state index in [0.717, 1.165) is 17.0 Å². The van der Waals surface area contributed by atoms with E-state index in [4.69, 9.17) is 0 Å². The van der Waals surface area contributed by atoms with Gasteiger partial charge >= 0.3 is 12.1 Å². The number of fused-ring (bicyclic) bond motifs is 2. The summed E-state index contributed by atoms with van der Waals surface area (Å²) in [6, 6.07) is -0.496. The Morgan fingerprint density at radius 1 is 1.08 bits per heavy atom. The Balaban J connectivity index is 1.63. The molecule has 8 nitrogen and oxygen atoms in total. The van der Waals surface area contributed by atoms with Crippen LogP contribution in [-0.2, 0) is 14.4 Å². The van der Waals surface area contributed by atoms with Gasteiger partial charge < -0.3 is 15.5 Å². The zero-order valence-corrected chi connectivity index (χ0v) is 21.0. The molecular formula is C26H24F5N5O3. The fraction of sp³-hybridized carbons (Fsp3) is 0.423. The van der Waals surface area contributed by atoms with Crippen LogP contribution in [-0.4, -0.2) is 52.4 Å². The Kier molecular flexibility index (Phi) is 7.10. The van der Waals surface area contributed by atoms with Crippen LogP contribution in [0, 0.1) is 40.2 Å². The van der Waals surface area contributed by atoms with Crippen LogP contribution >= 0.6 is 0 Å². The molecule has 0 radical (unpaired) electrons. The summed E-state index contributed by atoms with van der Waals surface area (Å²) in [5, 5.41) is 14.4. The molecular weight excluding hydrogens is 525 g/mol. The Morgan fingerprint density at radius 3 is 2.31 bits per heavy atom. The van der Waals surface area contributed by atoms with Crippen LogP contribution in [0.25, 0.3) is 10.8 Å². The van der Waals surface area contributed by atoms with Gasteiger partial charge in [-0.2, -0.15) is 18.4 Å². The van der Waals surface area contributed by atoms with Crippen LogP contribution in [0.15, 0.2) is 36.7 Å². The van der Waals surface area contributed by atoms with E-state index in [9.17, 15) is 41.6 Å². The number of hydrogen-bond acceptors (Lipinski definition) is 5. The van der Waals surface area contributed by atoms with Gasteiger partial charge in [-0.1, -0.05) is 32.9 Å². The maximum absolute atomic E-state index is 14.0. The van der Waals surface area contributed by atoms with Crippen LogP contribution in [0.4, 0.5) is 22.0 Å². The molecule has 2 aliphatic rings. The molecule has 206 valence electrons. The van der Waals surface area contributed by atoms with Crippen molar-refractivity contribution in [3.8, 4) is 6.07 Å². The Labute approximate surface area is 219 Å². The summed E-state index contributed by atoms with van der Waals surface area (Å²) >= 11 is 0. The fourth-order valence-corrected chi connectivity index (χ4v) is 4.86. The van der Waals surface area contributed by atoms with Gasteiger partial charge in [-0.25, -0.2) is 8.78 Å². The molecule has 39 heavy (non-hydrogen) atoms. The number of nitrogens with zero attached hydrogens (tertiary/aromatic N) is 3. The number of pyridine rings is 1. The number of hydrogen-bond donors (Lipinski definition) is 2. The largest absolute Gasteiger partial charge is 0.471 e. The number of carbonyl (C=O) groups excluding carboxylic acids is 3. The Morgan fingerprint density at radius 2 is 1.74 bits per heavy atom. The van der Waals surface area contributed by atoms with Crippen LogP contribution in [0.3, 0.4) is 0 Å². The van der Waals surface area contributed by atoms with Gasteiger partial charge in [0.1, 0.15) is 18.1 Å². The maximum atomic E-state index is 14.0. The summed E-state index contributed by atoms with van der Waals surface area (Å²) in [5.41, 5.74) is -1.05. The van der Waals surface area contributed by atoms with E-state index in [1.54, 1.807) is 17.5 Å². The van der Waals surface area contributed by atoms with Crippen molar-refractivity contribution in [3.63, 3.8) is 0 Å². The minimum Gasteiger partial charge on any atom is -0.336 e. The standard InChI is InChI=1S/C26H24F5N5O3/c1-25(2,3)21(35-24(39)26(29,30)31)23(38)36-11-12-4-5-14(12)20(36)22(37)34-19(8-32)16-10-33-9-13-6-17(27)18(28)7-15(13)16/h4-7,9-10,12,14,19-21H,11H2,1-3H3,(H,34,37)(H,35,39)/t12-,14?,19+,20-,21+/m0/s1. The van der Waals surface area contributed by atoms with Gasteiger partial charge in [0, 0.05) is 41.7 Å². The number of likely N-dealkylation sites (tertiary alicyclic amines) is 1. The van der Waals surface area contributed by atoms with Crippen LogP contribution in [0.2, 0.25) is 0 Å². The highest BCUT2D eigenvalue weighted by atomic mass is 19.4. The summed E-state index contributed by atoms with van der Waals surface area (Å²) < 4.78 is 66.6. The lowest BCUT2D eigenvalue weighted by atomic mass is 9.80. The highest BCUT2D eigenvalue weighted by Gasteiger charge is 2.52. The van der Waals surface area contributed by atoms with Crippen molar-refractivity contribution >= 4 is 28.5 Å². The average molecular weight is 550 g/mol. The number of benzene rings is 1. The van der Waals surface area contributed by atoms with Crippen molar-refractivity contribution in [3.05, 3.63) is 53.9 Å². The summed E-state index contributed by atoms with van der Waals surface area (Å²) in [6.45, 7) is 4.45. The van der Waals surface area contributed by atoms with Crippen LogP contribution in [0.1, 0.15) is 32.4 Å². The van der Waals surface area contributed by atoms with Gasteiger partial charge in [0.15, 0.2) is 11.6 Å². The summed E-state index contributed by atoms with van der Waals surface area (Å²) in [6.07, 6.45) is 0.704. The summed E-state index contributed by atoms with van der Waals surface area (Å²) in [7, 11) is 0. The predicted octanol–water partition coefficient (Wildman–Crippen LogP) is 3.30. The first kappa shape index (κ1) is 27.9. The predicted molar refractivity (Wildman–Crippen MR) is 127 cm³/mol. The van der Waals surface area contributed by atoms with Crippen LogP contribution < -0.4 is 10.6 Å². The molecule has 2 N–H and O–H groups in total. The zero-order valence-electron chi connectivity index (χ0n) is 21.0. The molecule has 0 saturated carbocycles. The molecule has 2 aromatic rings. The number of halogens is 5. The zero-order chi connectivity index (χ0) is 28.9. The van der Waals surface area contributed by atoms with Crippen molar-refractivity contribution in [2.75, 3.05) is 6.54 Å². The monoisotopic (exact) mass is 549 g/mol. The fourth-order valence-electron chi connectivity index (χ4n) is 4.86. The van der Waals surface area contributed by atoms with E-state index >= 15 is 0 Å². The summed E-state index contributed by atoms with van der Waals surface area (Å²) in [4.78, 5) is 43.8. The molecule has 1 aromatic carbocycles. The molecule has 1 saturated heterocycles. The molecule has 3 amide bonds. The van der Waals surface area contributed by atoms with Crippen LogP contribution in [0.5, 0.6) is 0 Å². The van der Waals surface area contributed by atoms with Gasteiger partial charge in [0.2, 0.25) is 11.8 Å². The normalized spacial score (nSPS) is 21.9. The molecule has 1 aromatic heterocycles. The van der Waals surface area contributed by atoms with E-state index in [0.29, 0.717) is 0 Å². The van der Waals surface area contributed by atoms with Gasteiger partial charge in [-0.3, -0.25) is 19.4 Å². The lowest BCUT2D eigenvalue weighted by molar-refractivity contribution is -0.176. The first-order chi connectivity index (χ1) is 18.1.